The predicted octanol–water partition coefficient (Wildman–Crippen LogP) is 4.56. The molecule has 4 rings (SSSR count). The largest absolute Gasteiger partial charge is 0.416 e. The molecule has 170 valence electrons. The van der Waals surface area contributed by atoms with E-state index in [1.807, 2.05) is 10.8 Å². The van der Waals surface area contributed by atoms with Gasteiger partial charge in [0, 0.05) is 35.6 Å². The van der Waals surface area contributed by atoms with E-state index >= 15 is 0 Å². The SMILES string of the molecule is CNS(=O)(=O)c1ccc(NCc2ccc(C(F)(F)F)cc2F)c(-c2cn(C3CC3)cn2)c1. The van der Waals surface area contributed by atoms with Gasteiger partial charge in [0.25, 0.3) is 0 Å². The number of alkyl halides is 3. The summed E-state index contributed by atoms with van der Waals surface area (Å²) in [7, 11) is -2.41. The van der Waals surface area contributed by atoms with E-state index in [4.69, 9.17) is 0 Å². The highest BCUT2D eigenvalue weighted by Crippen LogP contribution is 2.37. The van der Waals surface area contributed by atoms with Gasteiger partial charge < -0.3 is 9.88 Å². The van der Waals surface area contributed by atoms with Crippen LogP contribution < -0.4 is 10.0 Å². The Hall–Kier alpha value is -2.92. The molecule has 0 amide bonds. The first kappa shape index (κ1) is 22.3. The lowest BCUT2D eigenvalue weighted by Crippen LogP contribution is -2.18. The van der Waals surface area contributed by atoms with Crippen LogP contribution in [0.1, 0.15) is 30.0 Å². The van der Waals surface area contributed by atoms with Gasteiger partial charge in [-0.15, -0.1) is 0 Å². The van der Waals surface area contributed by atoms with Crippen LogP contribution in [0.3, 0.4) is 0 Å². The number of rotatable bonds is 7. The summed E-state index contributed by atoms with van der Waals surface area (Å²) < 4.78 is 81.3. The maximum Gasteiger partial charge on any atom is 0.416 e. The zero-order valence-corrected chi connectivity index (χ0v) is 17.8. The van der Waals surface area contributed by atoms with Crippen molar-refractivity contribution in [2.45, 2.75) is 36.5 Å². The molecule has 2 N–H and O–H groups in total. The molecule has 0 saturated heterocycles. The summed E-state index contributed by atoms with van der Waals surface area (Å²) in [5, 5.41) is 2.99. The molecule has 1 aliphatic carbocycles. The molecule has 0 bridgehead atoms. The highest BCUT2D eigenvalue weighted by molar-refractivity contribution is 7.89. The van der Waals surface area contributed by atoms with E-state index < -0.39 is 27.6 Å². The first-order chi connectivity index (χ1) is 15.1. The number of nitrogens with zero attached hydrogens (tertiary/aromatic N) is 2. The van der Waals surface area contributed by atoms with Gasteiger partial charge in [0.05, 0.1) is 22.5 Å². The van der Waals surface area contributed by atoms with Gasteiger partial charge in [0.1, 0.15) is 5.82 Å². The molecule has 32 heavy (non-hydrogen) atoms. The maximum atomic E-state index is 14.2. The lowest BCUT2D eigenvalue weighted by Gasteiger charge is -2.14. The highest BCUT2D eigenvalue weighted by atomic mass is 32.2. The lowest BCUT2D eigenvalue weighted by atomic mass is 10.1. The molecule has 3 aromatic rings. The summed E-state index contributed by atoms with van der Waals surface area (Å²) >= 11 is 0. The Labute approximate surface area is 182 Å². The molecule has 1 fully saturated rings. The average Bonchev–Trinajstić information content (AvgIpc) is 3.49. The number of imidazole rings is 1. The normalized spacial score (nSPS) is 14.5. The van der Waals surface area contributed by atoms with Crippen LogP contribution in [0.4, 0.5) is 23.2 Å². The highest BCUT2D eigenvalue weighted by Gasteiger charge is 2.31. The zero-order chi connectivity index (χ0) is 23.1. The lowest BCUT2D eigenvalue weighted by molar-refractivity contribution is -0.137. The van der Waals surface area contributed by atoms with Gasteiger partial charge in [-0.1, -0.05) is 6.07 Å². The van der Waals surface area contributed by atoms with Crippen LogP contribution in [0.5, 0.6) is 0 Å². The second-order valence-corrected chi connectivity index (χ2v) is 9.40. The van der Waals surface area contributed by atoms with Gasteiger partial charge >= 0.3 is 6.18 Å². The third-order valence-corrected chi connectivity index (χ3v) is 6.68. The number of nitrogens with one attached hydrogen (secondary N) is 2. The van der Waals surface area contributed by atoms with E-state index in [1.54, 1.807) is 6.33 Å². The van der Waals surface area contributed by atoms with Crippen LogP contribution in [-0.2, 0) is 22.7 Å². The molecular weight excluding hydrogens is 448 g/mol. The van der Waals surface area contributed by atoms with Crippen molar-refractivity contribution in [1.29, 1.82) is 0 Å². The fourth-order valence-corrected chi connectivity index (χ4v) is 4.04. The Balaban J connectivity index is 1.65. The fourth-order valence-electron chi connectivity index (χ4n) is 3.28. The third-order valence-electron chi connectivity index (χ3n) is 5.27. The predicted molar refractivity (Wildman–Crippen MR) is 111 cm³/mol. The molecule has 11 heteroatoms. The molecule has 1 heterocycles. The topological polar surface area (TPSA) is 76.0 Å². The summed E-state index contributed by atoms with van der Waals surface area (Å²) in [6.45, 7) is -0.0988. The van der Waals surface area contributed by atoms with E-state index in [0.717, 1.165) is 25.0 Å². The molecule has 2 aromatic carbocycles. The Bertz CT molecular complexity index is 1250. The fraction of sp³-hybridized carbons (Fsp3) is 0.286. The Morgan fingerprint density at radius 1 is 1.16 bits per heavy atom. The van der Waals surface area contributed by atoms with Gasteiger partial charge in [0.2, 0.25) is 10.0 Å². The van der Waals surface area contributed by atoms with Crippen molar-refractivity contribution in [2.75, 3.05) is 12.4 Å². The van der Waals surface area contributed by atoms with Crippen molar-refractivity contribution in [3.63, 3.8) is 0 Å². The summed E-state index contributed by atoms with van der Waals surface area (Å²) in [6.07, 6.45) is 0.942. The molecular formula is C21H20F4N4O2S. The summed E-state index contributed by atoms with van der Waals surface area (Å²) in [6, 6.07) is 7.09. The molecule has 1 aromatic heterocycles. The van der Waals surface area contributed by atoms with Crippen molar-refractivity contribution < 1.29 is 26.0 Å². The van der Waals surface area contributed by atoms with E-state index in [2.05, 4.69) is 15.0 Å². The molecule has 0 aliphatic heterocycles. The summed E-state index contributed by atoms with van der Waals surface area (Å²) in [5.41, 5.74) is 0.458. The van der Waals surface area contributed by atoms with Crippen LogP contribution in [-0.4, -0.2) is 25.0 Å². The van der Waals surface area contributed by atoms with E-state index in [0.29, 0.717) is 29.1 Å². The molecule has 0 radical (unpaired) electrons. The van der Waals surface area contributed by atoms with Crippen LogP contribution in [0.2, 0.25) is 0 Å². The minimum atomic E-state index is -4.63. The third kappa shape index (κ3) is 4.63. The number of hydrogen-bond acceptors (Lipinski definition) is 4. The first-order valence-corrected chi connectivity index (χ1v) is 11.3. The zero-order valence-electron chi connectivity index (χ0n) is 16.9. The number of halogens is 4. The number of anilines is 1. The average molecular weight is 468 g/mol. The molecule has 0 atom stereocenters. The molecule has 0 unspecified atom stereocenters. The number of hydrogen-bond donors (Lipinski definition) is 2. The van der Waals surface area contributed by atoms with Gasteiger partial charge in [-0.2, -0.15) is 13.2 Å². The van der Waals surface area contributed by atoms with Crippen molar-refractivity contribution in [1.82, 2.24) is 14.3 Å². The minimum absolute atomic E-state index is 0.0298. The Kier molecular flexibility index (Phi) is 5.72. The van der Waals surface area contributed by atoms with Crippen molar-refractivity contribution in [2.24, 2.45) is 0 Å². The number of aromatic nitrogens is 2. The molecule has 1 aliphatic rings. The van der Waals surface area contributed by atoms with Crippen LogP contribution in [0, 0.1) is 5.82 Å². The molecule has 6 nitrogen and oxygen atoms in total. The quantitative estimate of drug-likeness (QED) is 0.499. The summed E-state index contributed by atoms with van der Waals surface area (Å²) in [4.78, 5) is 4.41. The second kappa shape index (κ2) is 8.21. The minimum Gasteiger partial charge on any atom is -0.380 e. The van der Waals surface area contributed by atoms with Crippen molar-refractivity contribution >= 4 is 15.7 Å². The molecule has 0 spiro atoms. The van der Waals surface area contributed by atoms with Crippen molar-refractivity contribution in [3.8, 4) is 11.3 Å². The Morgan fingerprint density at radius 2 is 1.91 bits per heavy atom. The number of sulfonamides is 1. The second-order valence-electron chi connectivity index (χ2n) is 7.51. The number of benzene rings is 2. The summed E-state index contributed by atoms with van der Waals surface area (Å²) in [5.74, 6) is -0.985. The van der Waals surface area contributed by atoms with Crippen LogP contribution in [0.25, 0.3) is 11.3 Å². The van der Waals surface area contributed by atoms with Gasteiger partial charge in [0.15, 0.2) is 0 Å². The van der Waals surface area contributed by atoms with Gasteiger partial charge in [-0.3, -0.25) is 0 Å². The monoisotopic (exact) mass is 468 g/mol. The van der Waals surface area contributed by atoms with Gasteiger partial charge in [-0.25, -0.2) is 22.5 Å². The first-order valence-electron chi connectivity index (χ1n) is 9.79. The molecule has 1 saturated carbocycles. The van der Waals surface area contributed by atoms with E-state index in [-0.39, 0.29) is 17.0 Å². The van der Waals surface area contributed by atoms with Gasteiger partial charge in [-0.05, 0) is 50.2 Å². The smallest absolute Gasteiger partial charge is 0.380 e. The maximum absolute atomic E-state index is 14.2. The van der Waals surface area contributed by atoms with E-state index in [1.165, 1.54) is 25.2 Å². The van der Waals surface area contributed by atoms with E-state index in [9.17, 15) is 26.0 Å². The van der Waals surface area contributed by atoms with Crippen LogP contribution in [0.15, 0.2) is 53.8 Å². The van der Waals surface area contributed by atoms with Crippen molar-refractivity contribution in [3.05, 3.63) is 65.9 Å². The Morgan fingerprint density at radius 3 is 2.53 bits per heavy atom. The standard InChI is InChI=1S/C21H20F4N4O2S/c1-26-32(30,31)16-6-7-19(17(9-16)20-11-29(12-28-20)15-4-5-15)27-10-13-2-3-14(8-18(13)22)21(23,24)25/h2-3,6-9,11-12,15,26-27H,4-5,10H2,1H3. The van der Waals surface area contributed by atoms with Crippen LogP contribution >= 0.6 is 0 Å².